The van der Waals surface area contributed by atoms with E-state index in [4.69, 9.17) is 0 Å². The van der Waals surface area contributed by atoms with Crippen LogP contribution in [0.25, 0.3) is 0 Å². The van der Waals surface area contributed by atoms with Crippen LogP contribution in [0.1, 0.15) is 26.7 Å². The second-order valence-corrected chi connectivity index (χ2v) is 7.43. The number of hydrogen-bond donors (Lipinski definition) is 3. The van der Waals surface area contributed by atoms with Crippen molar-refractivity contribution in [3.05, 3.63) is 0 Å². The summed E-state index contributed by atoms with van der Waals surface area (Å²) in [7, 11) is 0. The molecule has 7 nitrogen and oxygen atoms in total. The highest BCUT2D eigenvalue weighted by Crippen LogP contribution is 2.25. The Hall–Kier alpha value is -1.35. The number of amides is 3. The molecule has 0 aliphatic heterocycles. The minimum Gasteiger partial charge on any atom is -0.360 e. The maximum Gasteiger partial charge on any atom is 0.321 e. The van der Waals surface area contributed by atoms with E-state index in [1.54, 1.807) is 0 Å². The number of aromatic nitrogens is 2. The second kappa shape index (κ2) is 7.60. The van der Waals surface area contributed by atoms with Crippen molar-refractivity contribution in [2.45, 2.75) is 37.1 Å². The smallest absolute Gasteiger partial charge is 0.321 e. The highest BCUT2D eigenvalue weighted by atomic mass is 32.2. The molecule has 1 saturated carbocycles. The van der Waals surface area contributed by atoms with Gasteiger partial charge in [-0.1, -0.05) is 36.9 Å². The van der Waals surface area contributed by atoms with Crippen molar-refractivity contribution in [1.29, 1.82) is 0 Å². The summed E-state index contributed by atoms with van der Waals surface area (Å²) in [6.45, 7) is 5.06. The first-order chi connectivity index (χ1) is 10.0. The number of hydrogen-bond acceptors (Lipinski definition) is 7. The fourth-order valence-corrected chi connectivity index (χ4v) is 2.93. The number of thioether (sulfide) groups is 1. The first kappa shape index (κ1) is 16.0. The van der Waals surface area contributed by atoms with E-state index in [0.717, 1.165) is 24.5 Å². The van der Waals surface area contributed by atoms with Crippen molar-refractivity contribution in [3.8, 4) is 0 Å². The molecule has 1 aliphatic carbocycles. The zero-order valence-electron chi connectivity index (χ0n) is 12.0. The third-order valence-electron chi connectivity index (χ3n) is 2.56. The van der Waals surface area contributed by atoms with Gasteiger partial charge in [0.25, 0.3) is 0 Å². The number of rotatable bonds is 7. The van der Waals surface area contributed by atoms with Gasteiger partial charge in [-0.2, -0.15) is 0 Å². The van der Waals surface area contributed by atoms with Crippen LogP contribution in [0, 0.1) is 5.92 Å². The van der Waals surface area contributed by atoms with Crippen molar-refractivity contribution in [3.63, 3.8) is 0 Å². The molecule has 1 aliphatic rings. The molecule has 2 rings (SSSR count). The topological polar surface area (TPSA) is 96.0 Å². The van der Waals surface area contributed by atoms with Crippen LogP contribution in [0.2, 0.25) is 0 Å². The number of anilines is 1. The number of nitrogens with one attached hydrogen (secondary N) is 3. The molecule has 9 heteroatoms. The van der Waals surface area contributed by atoms with Gasteiger partial charge in [0, 0.05) is 12.6 Å². The molecule has 1 aromatic rings. The van der Waals surface area contributed by atoms with Crippen LogP contribution in [-0.2, 0) is 4.79 Å². The molecule has 3 amide bonds. The van der Waals surface area contributed by atoms with Gasteiger partial charge in [-0.15, -0.1) is 10.2 Å². The molecule has 0 radical (unpaired) electrons. The lowest BCUT2D eigenvalue weighted by atomic mass is 10.2. The largest absolute Gasteiger partial charge is 0.360 e. The van der Waals surface area contributed by atoms with E-state index in [1.165, 1.54) is 23.1 Å². The first-order valence-corrected chi connectivity index (χ1v) is 8.63. The lowest BCUT2D eigenvalue weighted by Crippen LogP contribution is -2.41. The van der Waals surface area contributed by atoms with Crippen molar-refractivity contribution < 1.29 is 9.59 Å². The van der Waals surface area contributed by atoms with E-state index in [9.17, 15) is 9.59 Å². The van der Waals surface area contributed by atoms with E-state index >= 15 is 0 Å². The number of carbonyl (C=O) groups is 2. The van der Waals surface area contributed by atoms with Crippen molar-refractivity contribution in [1.82, 2.24) is 20.8 Å². The third-order valence-corrected chi connectivity index (χ3v) is 4.57. The van der Waals surface area contributed by atoms with Gasteiger partial charge in [0.1, 0.15) is 0 Å². The molecule has 3 N–H and O–H groups in total. The fraction of sp³-hybridized carbons (Fsp3) is 0.667. The van der Waals surface area contributed by atoms with Crippen molar-refractivity contribution in [2.75, 3.05) is 17.6 Å². The summed E-state index contributed by atoms with van der Waals surface area (Å²) >= 11 is 2.68. The molecule has 1 fully saturated rings. The van der Waals surface area contributed by atoms with Gasteiger partial charge in [-0.05, 0) is 18.8 Å². The Morgan fingerprint density at radius 2 is 2.14 bits per heavy atom. The van der Waals surface area contributed by atoms with Gasteiger partial charge in [-0.25, -0.2) is 4.79 Å². The molecular weight excluding hydrogens is 310 g/mol. The Kier molecular flexibility index (Phi) is 5.80. The van der Waals surface area contributed by atoms with Gasteiger partial charge in [-0.3, -0.25) is 10.1 Å². The number of imide groups is 1. The summed E-state index contributed by atoms with van der Waals surface area (Å²) in [5, 5.41) is 16.9. The Morgan fingerprint density at radius 3 is 2.81 bits per heavy atom. The standard InChI is InChI=1S/C12H19N5O2S2/c1-7(2)5-13-11-16-17-12(21-11)20-6-9(18)15-10(19)14-8-3-4-8/h7-8H,3-6H2,1-2H3,(H,13,16)(H2,14,15,18,19). The predicted molar refractivity (Wildman–Crippen MR) is 83.7 cm³/mol. The summed E-state index contributed by atoms with van der Waals surface area (Å²) in [4.78, 5) is 23.0. The van der Waals surface area contributed by atoms with E-state index in [2.05, 4.69) is 40.0 Å². The zero-order chi connectivity index (χ0) is 15.2. The summed E-state index contributed by atoms with van der Waals surface area (Å²) in [6, 6.07) is -0.178. The Balaban J connectivity index is 1.67. The van der Waals surface area contributed by atoms with E-state index in [1.807, 2.05) is 0 Å². The van der Waals surface area contributed by atoms with Crippen LogP contribution in [0.3, 0.4) is 0 Å². The molecule has 0 unspecified atom stereocenters. The van der Waals surface area contributed by atoms with Crippen LogP contribution >= 0.6 is 23.1 Å². The van der Waals surface area contributed by atoms with E-state index in [0.29, 0.717) is 10.3 Å². The van der Waals surface area contributed by atoms with Gasteiger partial charge in [0.15, 0.2) is 4.34 Å². The van der Waals surface area contributed by atoms with Gasteiger partial charge >= 0.3 is 6.03 Å². The third kappa shape index (κ3) is 6.30. The maximum absolute atomic E-state index is 11.6. The van der Waals surface area contributed by atoms with E-state index in [-0.39, 0.29) is 17.7 Å². The molecule has 0 bridgehead atoms. The van der Waals surface area contributed by atoms with Gasteiger partial charge in [0.05, 0.1) is 5.75 Å². The number of urea groups is 1. The summed E-state index contributed by atoms with van der Waals surface area (Å²) in [5.74, 6) is 0.350. The second-order valence-electron chi connectivity index (χ2n) is 5.23. The van der Waals surface area contributed by atoms with Crippen LogP contribution in [0.15, 0.2) is 4.34 Å². The molecule has 1 aromatic heterocycles. The van der Waals surface area contributed by atoms with Crippen molar-refractivity contribution in [2.24, 2.45) is 5.92 Å². The van der Waals surface area contributed by atoms with E-state index < -0.39 is 6.03 Å². The summed E-state index contributed by atoms with van der Waals surface area (Å²) < 4.78 is 0.707. The zero-order valence-corrected chi connectivity index (χ0v) is 13.6. The first-order valence-electron chi connectivity index (χ1n) is 6.83. The van der Waals surface area contributed by atoms with Crippen LogP contribution in [0.4, 0.5) is 9.93 Å². The average Bonchev–Trinajstić information content (AvgIpc) is 3.10. The molecule has 0 aromatic carbocycles. The highest BCUT2D eigenvalue weighted by Gasteiger charge is 2.23. The number of carbonyl (C=O) groups excluding carboxylic acids is 2. The molecule has 0 spiro atoms. The lowest BCUT2D eigenvalue weighted by Gasteiger charge is -2.04. The SMILES string of the molecule is CC(C)CNc1nnc(SCC(=O)NC(=O)NC2CC2)s1. The quantitative estimate of drug-likeness (QED) is 0.659. The average molecular weight is 329 g/mol. The molecule has 0 saturated heterocycles. The highest BCUT2D eigenvalue weighted by molar-refractivity contribution is 8.01. The molecule has 21 heavy (non-hydrogen) atoms. The minimum absolute atomic E-state index is 0.150. The van der Waals surface area contributed by atoms with Gasteiger partial charge in [0.2, 0.25) is 11.0 Å². The minimum atomic E-state index is -0.417. The Bertz CT molecular complexity index is 502. The Morgan fingerprint density at radius 1 is 1.38 bits per heavy atom. The Labute approximate surface area is 131 Å². The molecule has 116 valence electrons. The number of nitrogens with zero attached hydrogens (tertiary/aromatic N) is 2. The monoisotopic (exact) mass is 329 g/mol. The lowest BCUT2D eigenvalue weighted by molar-refractivity contribution is -0.117. The molecule has 0 atom stereocenters. The van der Waals surface area contributed by atoms with Crippen LogP contribution in [0.5, 0.6) is 0 Å². The van der Waals surface area contributed by atoms with Crippen LogP contribution < -0.4 is 16.0 Å². The molecule has 1 heterocycles. The van der Waals surface area contributed by atoms with Gasteiger partial charge < -0.3 is 10.6 Å². The molecular formula is C12H19N5O2S2. The normalized spacial score (nSPS) is 14.0. The summed E-state index contributed by atoms with van der Waals surface area (Å²) in [5.41, 5.74) is 0. The fourth-order valence-electron chi connectivity index (χ4n) is 1.37. The maximum atomic E-state index is 11.6. The van der Waals surface area contributed by atoms with Crippen LogP contribution in [-0.4, -0.2) is 40.5 Å². The predicted octanol–water partition coefficient (Wildman–Crippen LogP) is 1.69. The van der Waals surface area contributed by atoms with Crippen molar-refractivity contribution >= 4 is 40.2 Å². The summed E-state index contributed by atoms with van der Waals surface area (Å²) in [6.07, 6.45) is 1.99.